The van der Waals surface area contributed by atoms with Crippen molar-refractivity contribution in [1.82, 2.24) is 9.55 Å². The number of nitrogens with zero attached hydrogens (tertiary/aromatic N) is 3. The zero-order chi connectivity index (χ0) is 38.8. The third kappa shape index (κ3) is 5.81. The molecule has 1 aromatic carbocycles. The van der Waals surface area contributed by atoms with Gasteiger partial charge in [-0.1, -0.05) is 39.0 Å². The Morgan fingerprint density at radius 2 is 1.81 bits per heavy atom. The first-order valence-corrected chi connectivity index (χ1v) is 17.5. The van der Waals surface area contributed by atoms with E-state index in [2.05, 4.69) is 4.98 Å². The highest BCUT2D eigenvalue weighted by Crippen LogP contribution is 2.65. The second-order valence-electron chi connectivity index (χ2n) is 15.3. The minimum atomic E-state index is -2.07. The molecule has 2 aromatic rings. The lowest BCUT2D eigenvalue weighted by atomic mass is 9.43. The Bertz CT molecular complexity index is 1870. The average molecular weight is 740 g/mol. The molecular formula is C37H45N3O13. The first-order valence-electron chi connectivity index (χ1n) is 17.5. The molecule has 9 atom stereocenters. The van der Waals surface area contributed by atoms with Crippen LogP contribution in [-0.4, -0.2) is 97.4 Å². The van der Waals surface area contributed by atoms with Gasteiger partial charge in [0.1, 0.15) is 49.0 Å². The number of carbonyl (C=O) groups is 4. The monoisotopic (exact) mass is 739 g/mol. The lowest BCUT2D eigenvalue weighted by Gasteiger charge is -2.67. The number of ketones is 1. The summed E-state index contributed by atoms with van der Waals surface area (Å²) >= 11 is 0. The SMILES string of the molecule is CC(=O)O[C@@]12CO[C@@H]1C[C@H](OC(=O)OCCn1c([N+](=O)[O-])cnc1C)[C@@]1(C)C(=O)[C@H](C)C3=C(C)[C@@H](O)C[C@@](O)(C(OC(=O)c4ccccc4)C12)C3(C)C. The number of benzene rings is 1. The van der Waals surface area contributed by atoms with E-state index in [0.29, 0.717) is 17.0 Å². The molecule has 2 heterocycles. The van der Waals surface area contributed by atoms with Gasteiger partial charge in [0, 0.05) is 38.0 Å². The van der Waals surface area contributed by atoms with Crippen LogP contribution in [-0.2, 0) is 39.8 Å². The minimum absolute atomic E-state index is 0.117. The minimum Gasteiger partial charge on any atom is -0.455 e. The van der Waals surface area contributed by atoms with Crippen molar-refractivity contribution < 1.29 is 58.0 Å². The van der Waals surface area contributed by atoms with Gasteiger partial charge in [-0.25, -0.2) is 19.1 Å². The van der Waals surface area contributed by atoms with E-state index in [1.165, 1.54) is 23.6 Å². The molecular weight excluding hydrogens is 694 g/mol. The number of rotatable bonds is 8. The van der Waals surface area contributed by atoms with Gasteiger partial charge in [0.15, 0.2) is 11.4 Å². The number of carbonyl (C=O) groups excluding carboxylic acids is 4. The van der Waals surface area contributed by atoms with Crippen molar-refractivity contribution in [1.29, 1.82) is 0 Å². The molecule has 286 valence electrons. The first-order chi connectivity index (χ1) is 24.8. The molecule has 3 aliphatic carbocycles. The molecule has 2 N–H and O–H groups in total. The van der Waals surface area contributed by atoms with Crippen LogP contribution in [0.3, 0.4) is 0 Å². The zero-order valence-corrected chi connectivity index (χ0v) is 30.7. The molecule has 2 bridgehead atoms. The van der Waals surface area contributed by atoms with Gasteiger partial charge in [0.05, 0.1) is 29.6 Å². The fraction of sp³-hybridized carbons (Fsp3) is 0.595. The molecule has 2 unspecified atom stereocenters. The largest absolute Gasteiger partial charge is 0.508 e. The zero-order valence-electron chi connectivity index (χ0n) is 30.7. The van der Waals surface area contributed by atoms with E-state index in [1.54, 1.807) is 59.7 Å². The number of aromatic nitrogens is 2. The highest BCUT2D eigenvalue weighted by atomic mass is 16.7. The maximum absolute atomic E-state index is 15.3. The number of aliphatic hydroxyl groups is 2. The van der Waals surface area contributed by atoms with Gasteiger partial charge in [0.25, 0.3) is 0 Å². The van der Waals surface area contributed by atoms with Crippen LogP contribution in [0, 0.1) is 39.7 Å². The number of Topliss-reactive ketones (excluding diaryl/α,β-unsaturated/α-hetero) is 1. The van der Waals surface area contributed by atoms with E-state index < -0.39 is 87.1 Å². The Labute approximate surface area is 305 Å². The van der Waals surface area contributed by atoms with Gasteiger partial charge in [-0.2, -0.15) is 0 Å². The van der Waals surface area contributed by atoms with E-state index in [9.17, 15) is 34.7 Å². The van der Waals surface area contributed by atoms with Crippen molar-refractivity contribution in [2.24, 2.45) is 22.7 Å². The second kappa shape index (κ2) is 13.3. The fourth-order valence-electron chi connectivity index (χ4n) is 9.56. The Balaban J connectivity index is 1.47. The molecule has 2 saturated carbocycles. The van der Waals surface area contributed by atoms with E-state index in [1.807, 2.05) is 0 Å². The summed E-state index contributed by atoms with van der Waals surface area (Å²) in [6, 6.07) is 8.03. The van der Waals surface area contributed by atoms with Crippen LogP contribution in [0.1, 0.15) is 70.6 Å². The number of ether oxygens (including phenoxy) is 5. The molecule has 16 nitrogen and oxygen atoms in total. The molecule has 1 aliphatic heterocycles. The van der Waals surface area contributed by atoms with Gasteiger partial charge in [-0.15, -0.1) is 0 Å². The third-order valence-corrected chi connectivity index (χ3v) is 12.2. The van der Waals surface area contributed by atoms with Crippen molar-refractivity contribution >= 4 is 29.7 Å². The molecule has 1 aromatic heterocycles. The Morgan fingerprint density at radius 1 is 1.13 bits per heavy atom. The van der Waals surface area contributed by atoms with Crippen molar-refractivity contribution in [3.63, 3.8) is 0 Å². The molecule has 16 heteroatoms. The molecule has 4 aliphatic rings. The number of hydrogen-bond acceptors (Lipinski definition) is 14. The summed E-state index contributed by atoms with van der Waals surface area (Å²) in [5, 5.41) is 36.0. The topological polar surface area (TPSA) is 216 Å². The smallest absolute Gasteiger partial charge is 0.455 e. The van der Waals surface area contributed by atoms with Crippen molar-refractivity contribution in [2.45, 2.75) is 103 Å². The molecule has 1 saturated heterocycles. The van der Waals surface area contributed by atoms with Crippen molar-refractivity contribution in [3.05, 3.63) is 69.2 Å². The van der Waals surface area contributed by atoms with E-state index >= 15 is 4.79 Å². The second-order valence-corrected chi connectivity index (χ2v) is 15.3. The number of fused-ring (bicyclic) bond motifs is 5. The summed E-state index contributed by atoms with van der Waals surface area (Å²) in [5.41, 5.74) is -5.75. The van der Waals surface area contributed by atoms with Gasteiger partial charge < -0.3 is 44.0 Å². The van der Waals surface area contributed by atoms with E-state index in [0.717, 1.165) is 6.20 Å². The molecule has 0 radical (unpaired) electrons. The average Bonchev–Trinajstić information content (AvgIpc) is 3.46. The maximum atomic E-state index is 15.3. The standard InChI is InChI=1S/C37H45N3O13/c1-19-24(42)16-37(46)31(52-32(44)23-11-9-8-10-12-23)29-35(7,30(43)20(2)28(19)34(37,5)6)25(15-26-36(29,18-50-26)53-22(4)41)51-33(45)49-14-13-39-21(3)38-17-27(39)40(47)48/h8-12,17,20,24-26,29,31,42,46H,13-16,18H2,1-7H3/t20-,24+,25+,26-,29?,31?,35-,36+,37-/m1/s1. The quantitative estimate of drug-likeness (QED) is 0.130. The van der Waals surface area contributed by atoms with Crippen LogP contribution in [0.2, 0.25) is 0 Å². The van der Waals surface area contributed by atoms with Crippen molar-refractivity contribution in [3.8, 4) is 0 Å². The van der Waals surface area contributed by atoms with Crippen LogP contribution in [0.15, 0.2) is 47.7 Å². The third-order valence-electron chi connectivity index (χ3n) is 12.2. The van der Waals surface area contributed by atoms with Gasteiger partial charge in [-0.05, 0) is 42.0 Å². The number of hydrogen-bond donors (Lipinski definition) is 2. The summed E-state index contributed by atoms with van der Waals surface area (Å²) < 4.78 is 31.0. The molecule has 53 heavy (non-hydrogen) atoms. The summed E-state index contributed by atoms with van der Waals surface area (Å²) in [7, 11) is 0. The number of esters is 2. The predicted molar refractivity (Wildman–Crippen MR) is 182 cm³/mol. The number of imidazole rings is 1. The Hall–Kier alpha value is -4.67. The van der Waals surface area contributed by atoms with Crippen LogP contribution in [0.5, 0.6) is 0 Å². The Morgan fingerprint density at radius 3 is 2.42 bits per heavy atom. The molecule has 3 fully saturated rings. The summed E-state index contributed by atoms with van der Waals surface area (Å²) in [6.45, 7) is 10.4. The fourth-order valence-corrected chi connectivity index (χ4v) is 9.56. The normalized spacial score (nSPS) is 34.3. The van der Waals surface area contributed by atoms with Crippen LogP contribution in [0.4, 0.5) is 10.6 Å². The van der Waals surface area contributed by atoms with Crippen LogP contribution < -0.4 is 0 Å². The predicted octanol–water partition coefficient (Wildman–Crippen LogP) is 3.63. The number of aliphatic hydroxyl groups excluding tert-OH is 1. The van der Waals surface area contributed by atoms with E-state index in [4.69, 9.17) is 23.7 Å². The molecule has 6 rings (SSSR count). The maximum Gasteiger partial charge on any atom is 0.508 e. The van der Waals surface area contributed by atoms with Gasteiger partial charge in [0.2, 0.25) is 0 Å². The summed E-state index contributed by atoms with van der Waals surface area (Å²) in [5.74, 6) is -4.34. The van der Waals surface area contributed by atoms with Crippen LogP contribution in [0.25, 0.3) is 0 Å². The highest BCUT2D eigenvalue weighted by molar-refractivity contribution is 5.92. The van der Waals surface area contributed by atoms with Crippen LogP contribution >= 0.6 is 0 Å². The van der Waals surface area contributed by atoms with E-state index in [-0.39, 0.29) is 44.0 Å². The van der Waals surface area contributed by atoms with Gasteiger partial charge >= 0.3 is 23.9 Å². The summed E-state index contributed by atoms with van der Waals surface area (Å²) in [6.07, 6.45) is -5.71. The molecule has 0 spiro atoms. The lowest BCUT2D eigenvalue weighted by molar-refractivity contribution is -0.392. The lowest BCUT2D eigenvalue weighted by Crippen LogP contribution is -2.81. The van der Waals surface area contributed by atoms with Crippen molar-refractivity contribution in [2.75, 3.05) is 13.2 Å². The first kappa shape index (κ1) is 38.1. The van der Waals surface area contributed by atoms with Gasteiger partial charge in [-0.3, -0.25) is 9.59 Å². The summed E-state index contributed by atoms with van der Waals surface area (Å²) in [4.78, 5) is 70.4. The Kier molecular flexibility index (Phi) is 9.57. The molecule has 0 amide bonds. The highest BCUT2D eigenvalue weighted by Gasteiger charge is 2.78. The number of aryl methyl sites for hydroxylation is 1. The number of nitro groups is 1.